The molecule has 0 aromatic carbocycles. The van der Waals surface area contributed by atoms with E-state index in [4.69, 9.17) is 10.8 Å². The van der Waals surface area contributed by atoms with Gasteiger partial charge in [0.2, 0.25) is 0 Å². The van der Waals surface area contributed by atoms with E-state index in [0.29, 0.717) is 0 Å². The Hall–Kier alpha value is -1.32. The number of hydrogen-bond donors (Lipinski definition) is 2. The van der Waals surface area contributed by atoms with Gasteiger partial charge in [0, 0.05) is 0 Å². The fraction of sp³-hybridized carbons (Fsp3) is 0. The van der Waals surface area contributed by atoms with Crippen molar-refractivity contribution in [2.24, 2.45) is 9.98 Å². The van der Waals surface area contributed by atoms with Crippen LogP contribution in [0.3, 0.4) is 0 Å². The van der Waals surface area contributed by atoms with E-state index in [1.807, 2.05) is 0 Å². The molecule has 0 fully saturated rings. The molecule has 0 atom stereocenters. The van der Waals surface area contributed by atoms with Crippen LogP contribution in [0.25, 0.3) is 0 Å². The largest absolute Gasteiger partial charge is 0.296 e. The predicted molar refractivity (Wildman–Crippen MR) is 32.4 cm³/mol. The third-order valence-corrected chi connectivity index (χ3v) is 0.712. The highest BCUT2D eigenvalue weighted by Crippen LogP contribution is 1.82. The number of amidine groups is 1. The minimum atomic E-state index is -0.0278. The van der Waals surface area contributed by atoms with E-state index < -0.39 is 0 Å². The van der Waals surface area contributed by atoms with Gasteiger partial charge < -0.3 is 0 Å². The predicted octanol–water partition coefficient (Wildman–Crippen LogP) is 0.0961. The lowest BCUT2D eigenvalue weighted by Gasteiger charge is -1.94. The van der Waals surface area contributed by atoms with Gasteiger partial charge in [-0.15, -0.1) is 0 Å². The SMILES string of the molecule is N=C1C=NC=NC1=N. The van der Waals surface area contributed by atoms with Crippen LogP contribution in [0.2, 0.25) is 0 Å². The number of hydrogen-bond acceptors (Lipinski definition) is 3. The van der Waals surface area contributed by atoms with Crippen LogP contribution in [0, 0.1) is 10.8 Å². The number of rotatable bonds is 0. The van der Waals surface area contributed by atoms with E-state index in [9.17, 15) is 0 Å². The smallest absolute Gasteiger partial charge is 0.173 e. The first kappa shape index (κ1) is 4.83. The molecule has 40 valence electrons. The molecule has 0 radical (unpaired) electrons. The zero-order chi connectivity index (χ0) is 5.98. The molecule has 4 nitrogen and oxygen atoms in total. The Labute approximate surface area is 46.0 Å². The molecule has 0 aromatic rings. The van der Waals surface area contributed by atoms with Gasteiger partial charge in [0.15, 0.2) is 5.84 Å². The first-order valence-corrected chi connectivity index (χ1v) is 2.04. The topological polar surface area (TPSA) is 72.4 Å². The Morgan fingerprint density at radius 1 is 1.38 bits per heavy atom. The molecular formula is C4H4N4. The summed E-state index contributed by atoms with van der Waals surface area (Å²) in [5, 5.41) is 13.8. The van der Waals surface area contributed by atoms with Gasteiger partial charge in [0.1, 0.15) is 12.1 Å². The van der Waals surface area contributed by atoms with Crippen LogP contribution in [0.15, 0.2) is 9.98 Å². The molecule has 4 heteroatoms. The summed E-state index contributed by atoms with van der Waals surface area (Å²) in [7, 11) is 0. The molecule has 1 rings (SSSR count). The maximum atomic E-state index is 6.91. The fourth-order valence-electron chi connectivity index (χ4n) is 0.330. The van der Waals surface area contributed by atoms with E-state index in [2.05, 4.69) is 9.98 Å². The Bertz CT molecular complexity index is 166. The first-order valence-electron chi connectivity index (χ1n) is 2.04. The molecule has 0 spiro atoms. The van der Waals surface area contributed by atoms with Gasteiger partial charge in [-0.05, 0) is 0 Å². The van der Waals surface area contributed by atoms with Crippen LogP contribution >= 0.6 is 0 Å². The summed E-state index contributed by atoms with van der Waals surface area (Å²) in [6.07, 6.45) is 2.54. The van der Waals surface area contributed by atoms with Gasteiger partial charge in [0.05, 0.1) is 6.21 Å². The monoisotopic (exact) mass is 108 g/mol. The van der Waals surface area contributed by atoms with E-state index in [0.717, 1.165) is 0 Å². The molecule has 0 saturated heterocycles. The molecule has 0 bridgehead atoms. The summed E-state index contributed by atoms with van der Waals surface area (Å²) in [6.45, 7) is 0. The number of nitrogens with one attached hydrogen (secondary N) is 2. The van der Waals surface area contributed by atoms with Gasteiger partial charge in [-0.1, -0.05) is 0 Å². The second-order valence-electron chi connectivity index (χ2n) is 1.29. The second kappa shape index (κ2) is 1.65. The van der Waals surface area contributed by atoms with Crippen molar-refractivity contribution in [3.8, 4) is 0 Å². The van der Waals surface area contributed by atoms with E-state index in [1.54, 1.807) is 0 Å². The third-order valence-electron chi connectivity index (χ3n) is 0.712. The van der Waals surface area contributed by atoms with Gasteiger partial charge in [-0.2, -0.15) is 0 Å². The maximum Gasteiger partial charge on any atom is 0.173 e. The Kier molecular flexibility index (Phi) is 0.997. The van der Waals surface area contributed by atoms with Crippen LogP contribution in [-0.4, -0.2) is 24.1 Å². The quantitative estimate of drug-likeness (QED) is 0.441. The number of aliphatic imine (C=N–C) groups is 2. The van der Waals surface area contributed by atoms with Gasteiger partial charge in [-0.25, -0.2) is 9.98 Å². The molecule has 0 aromatic heterocycles. The third kappa shape index (κ3) is 0.676. The van der Waals surface area contributed by atoms with Gasteiger partial charge in [-0.3, -0.25) is 10.8 Å². The van der Waals surface area contributed by atoms with Crippen molar-refractivity contribution >= 4 is 24.1 Å². The highest BCUT2D eigenvalue weighted by atomic mass is 14.9. The van der Waals surface area contributed by atoms with Crippen LogP contribution < -0.4 is 0 Å². The Balaban J connectivity index is 2.89. The van der Waals surface area contributed by atoms with Crippen molar-refractivity contribution in [1.82, 2.24) is 0 Å². The minimum Gasteiger partial charge on any atom is -0.296 e. The molecule has 0 aliphatic carbocycles. The van der Waals surface area contributed by atoms with Crippen LogP contribution in [0.5, 0.6) is 0 Å². The summed E-state index contributed by atoms with van der Waals surface area (Å²) in [6, 6.07) is 0. The second-order valence-corrected chi connectivity index (χ2v) is 1.29. The molecule has 2 N–H and O–H groups in total. The van der Waals surface area contributed by atoms with Crippen LogP contribution in [0.4, 0.5) is 0 Å². The maximum absolute atomic E-state index is 6.91. The lowest BCUT2D eigenvalue weighted by atomic mass is 10.4. The summed E-state index contributed by atoms with van der Waals surface area (Å²) >= 11 is 0. The standard InChI is InChI=1S/C4H4N4/c5-3-1-7-2-8-4(3)6/h1-2,5-6H. The van der Waals surface area contributed by atoms with E-state index in [1.165, 1.54) is 12.6 Å². The fourth-order valence-corrected chi connectivity index (χ4v) is 0.330. The van der Waals surface area contributed by atoms with Crippen LogP contribution in [0.1, 0.15) is 0 Å². The molecule has 1 heterocycles. The normalized spacial score (nSPS) is 17.5. The van der Waals surface area contributed by atoms with E-state index in [-0.39, 0.29) is 11.5 Å². The zero-order valence-corrected chi connectivity index (χ0v) is 4.05. The molecular weight excluding hydrogens is 104 g/mol. The Morgan fingerprint density at radius 3 is 2.50 bits per heavy atom. The summed E-state index contributed by atoms with van der Waals surface area (Å²) in [5.41, 5.74) is 0.0625. The lowest BCUT2D eigenvalue weighted by Crippen LogP contribution is -2.13. The molecule has 0 saturated carbocycles. The molecule has 1 aliphatic heterocycles. The van der Waals surface area contributed by atoms with Crippen molar-refractivity contribution in [1.29, 1.82) is 10.8 Å². The first-order chi connectivity index (χ1) is 3.80. The van der Waals surface area contributed by atoms with E-state index >= 15 is 0 Å². The average molecular weight is 108 g/mol. The van der Waals surface area contributed by atoms with Crippen LogP contribution in [-0.2, 0) is 0 Å². The molecule has 0 amide bonds. The summed E-state index contributed by atoms with van der Waals surface area (Å²) in [4.78, 5) is 6.97. The highest BCUT2D eigenvalue weighted by Gasteiger charge is 2.00. The van der Waals surface area contributed by atoms with Crippen molar-refractivity contribution in [2.45, 2.75) is 0 Å². The molecule has 8 heavy (non-hydrogen) atoms. The highest BCUT2D eigenvalue weighted by molar-refractivity contribution is 6.62. The number of nitrogens with zero attached hydrogens (tertiary/aromatic N) is 2. The minimum absolute atomic E-state index is 0.0278. The summed E-state index contributed by atoms with van der Waals surface area (Å²) in [5.74, 6) is -0.0278. The van der Waals surface area contributed by atoms with Gasteiger partial charge in [0.25, 0.3) is 0 Å². The van der Waals surface area contributed by atoms with Crippen molar-refractivity contribution in [3.05, 3.63) is 0 Å². The molecule has 1 aliphatic rings. The zero-order valence-electron chi connectivity index (χ0n) is 4.05. The lowest BCUT2D eigenvalue weighted by molar-refractivity contribution is 1.44. The summed E-state index contributed by atoms with van der Waals surface area (Å²) < 4.78 is 0. The Morgan fingerprint density at radius 2 is 2.12 bits per heavy atom. The van der Waals surface area contributed by atoms with Crippen molar-refractivity contribution in [2.75, 3.05) is 0 Å². The van der Waals surface area contributed by atoms with Crippen molar-refractivity contribution < 1.29 is 0 Å². The van der Waals surface area contributed by atoms with Gasteiger partial charge >= 0.3 is 0 Å². The molecule has 0 unspecified atom stereocenters. The van der Waals surface area contributed by atoms with Crippen molar-refractivity contribution in [3.63, 3.8) is 0 Å². The average Bonchev–Trinajstić information content (AvgIpc) is 1.77.